The standard InChI is InChI=1S/C15H25ClN2O3/c1-15(2,3)21-14(20)18-6-4-5-10(9-18)11-7-12(11)17-13(19)8-16/h10-12H,4-9H2,1-3H3,(H,17,19). The van der Waals surface area contributed by atoms with Crippen molar-refractivity contribution in [3.63, 3.8) is 0 Å². The van der Waals surface area contributed by atoms with Crippen molar-refractivity contribution in [1.29, 1.82) is 0 Å². The summed E-state index contributed by atoms with van der Waals surface area (Å²) in [6.45, 7) is 7.13. The van der Waals surface area contributed by atoms with Gasteiger partial charge >= 0.3 is 6.09 Å². The van der Waals surface area contributed by atoms with Gasteiger partial charge in [-0.1, -0.05) is 0 Å². The number of halogens is 1. The van der Waals surface area contributed by atoms with Crippen LogP contribution in [0.1, 0.15) is 40.0 Å². The second-order valence-electron chi connectivity index (χ2n) is 7.04. The van der Waals surface area contributed by atoms with Crippen molar-refractivity contribution < 1.29 is 14.3 Å². The van der Waals surface area contributed by atoms with Crippen molar-refractivity contribution in [2.75, 3.05) is 19.0 Å². The van der Waals surface area contributed by atoms with Crippen LogP contribution in [-0.4, -0.2) is 47.5 Å². The first-order valence-electron chi connectivity index (χ1n) is 7.63. The van der Waals surface area contributed by atoms with Crippen molar-refractivity contribution in [2.24, 2.45) is 11.8 Å². The van der Waals surface area contributed by atoms with Gasteiger partial charge in [0.1, 0.15) is 11.5 Å². The summed E-state index contributed by atoms with van der Waals surface area (Å²) in [5.74, 6) is 0.830. The molecule has 6 heteroatoms. The summed E-state index contributed by atoms with van der Waals surface area (Å²) in [6, 6.07) is 0.236. The van der Waals surface area contributed by atoms with Crippen molar-refractivity contribution >= 4 is 23.6 Å². The van der Waals surface area contributed by atoms with Crippen LogP contribution in [0.4, 0.5) is 4.79 Å². The zero-order chi connectivity index (χ0) is 15.6. The Hall–Kier alpha value is -0.970. The predicted molar refractivity (Wildman–Crippen MR) is 81.3 cm³/mol. The zero-order valence-electron chi connectivity index (χ0n) is 13.0. The number of hydrogen-bond acceptors (Lipinski definition) is 3. The van der Waals surface area contributed by atoms with Crippen molar-refractivity contribution in [1.82, 2.24) is 10.2 Å². The average molecular weight is 317 g/mol. The fourth-order valence-electron chi connectivity index (χ4n) is 3.00. The van der Waals surface area contributed by atoms with E-state index in [1.54, 1.807) is 4.90 Å². The van der Waals surface area contributed by atoms with E-state index in [0.29, 0.717) is 11.8 Å². The molecule has 0 spiro atoms. The Morgan fingerprint density at radius 3 is 2.71 bits per heavy atom. The molecule has 3 unspecified atom stereocenters. The molecule has 1 saturated carbocycles. The molecule has 0 bridgehead atoms. The van der Waals surface area contributed by atoms with Crippen LogP contribution >= 0.6 is 11.6 Å². The number of carbonyl (C=O) groups is 2. The molecule has 0 aromatic heterocycles. The highest BCUT2D eigenvalue weighted by atomic mass is 35.5. The maximum absolute atomic E-state index is 12.1. The third-order valence-corrected chi connectivity index (χ3v) is 4.27. The summed E-state index contributed by atoms with van der Waals surface area (Å²) in [4.78, 5) is 25.2. The van der Waals surface area contributed by atoms with Crippen LogP contribution in [0.3, 0.4) is 0 Å². The minimum atomic E-state index is -0.458. The van der Waals surface area contributed by atoms with E-state index >= 15 is 0 Å². The fraction of sp³-hybridized carbons (Fsp3) is 0.867. The van der Waals surface area contributed by atoms with E-state index in [4.69, 9.17) is 16.3 Å². The van der Waals surface area contributed by atoms with Gasteiger partial charge in [0, 0.05) is 19.1 Å². The van der Waals surface area contributed by atoms with Crippen LogP contribution in [0.5, 0.6) is 0 Å². The smallest absolute Gasteiger partial charge is 0.410 e. The number of piperidine rings is 1. The molecule has 0 radical (unpaired) electrons. The monoisotopic (exact) mass is 316 g/mol. The molecule has 3 atom stereocenters. The maximum Gasteiger partial charge on any atom is 0.410 e. The normalized spacial score (nSPS) is 29.0. The molecule has 1 aliphatic carbocycles. The highest BCUT2D eigenvalue weighted by Gasteiger charge is 2.45. The van der Waals surface area contributed by atoms with E-state index in [-0.39, 0.29) is 23.9 Å². The van der Waals surface area contributed by atoms with E-state index in [1.807, 2.05) is 20.8 Å². The first kappa shape index (κ1) is 16.4. The number of likely N-dealkylation sites (tertiary alicyclic amines) is 1. The molecule has 2 rings (SSSR count). The van der Waals surface area contributed by atoms with Gasteiger partial charge in [-0.25, -0.2) is 4.79 Å². The number of nitrogens with one attached hydrogen (secondary N) is 1. The lowest BCUT2D eigenvalue weighted by Gasteiger charge is -2.34. The van der Waals surface area contributed by atoms with Gasteiger partial charge in [-0.3, -0.25) is 4.79 Å². The van der Waals surface area contributed by atoms with Crippen molar-refractivity contribution in [2.45, 2.75) is 51.7 Å². The first-order valence-corrected chi connectivity index (χ1v) is 8.17. The van der Waals surface area contributed by atoms with Crippen molar-refractivity contribution in [3.8, 4) is 0 Å². The summed E-state index contributed by atoms with van der Waals surface area (Å²) >= 11 is 5.50. The molecule has 2 aliphatic rings. The quantitative estimate of drug-likeness (QED) is 0.813. The Morgan fingerprint density at radius 2 is 2.10 bits per heavy atom. The molecule has 5 nitrogen and oxygen atoms in total. The summed E-state index contributed by atoms with van der Waals surface area (Å²) < 4.78 is 5.43. The van der Waals surface area contributed by atoms with Gasteiger partial charge in [0.25, 0.3) is 0 Å². The lowest BCUT2D eigenvalue weighted by Crippen LogP contribution is -2.44. The lowest BCUT2D eigenvalue weighted by molar-refractivity contribution is -0.118. The van der Waals surface area contributed by atoms with Gasteiger partial charge in [-0.15, -0.1) is 11.6 Å². The summed E-state index contributed by atoms with van der Waals surface area (Å²) in [6.07, 6.45) is 2.87. The Bertz CT molecular complexity index is 408. The Balaban J connectivity index is 1.82. The molecule has 1 heterocycles. The predicted octanol–water partition coefficient (Wildman–Crippen LogP) is 2.38. The van der Waals surface area contributed by atoms with Crippen LogP contribution < -0.4 is 5.32 Å². The van der Waals surface area contributed by atoms with Crippen LogP contribution in [0.15, 0.2) is 0 Å². The van der Waals surface area contributed by atoms with Crippen LogP contribution in [0.25, 0.3) is 0 Å². The second kappa shape index (κ2) is 6.42. The lowest BCUT2D eigenvalue weighted by atomic mass is 9.93. The summed E-state index contributed by atoms with van der Waals surface area (Å²) in [5.41, 5.74) is -0.458. The number of alkyl halides is 1. The topological polar surface area (TPSA) is 58.6 Å². The van der Waals surface area contributed by atoms with E-state index in [1.165, 1.54) is 0 Å². The number of amides is 2. The largest absolute Gasteiger partial charge is 0.444 e. The Morgan fingerprint density at radius 1 is 1.38 bits per heavy atom. The molecule has 2 amide bonds. The van der Waals surface area contributed by atoms with Gasteiger partial charge < -0.3 is 15.0 Å². The minimum absolute atomic E-state index is 0.0118. The zero-order valence-corrected chi connectivity index (χ0v) is 13.8. The SMILES string of the molecule is CC(C)(C)OC(=O)N1CCCC(C2CC2NC(=O)CCl)C1. The number of ether oxygens (including phenoxy) is 1. The number of carbonyl (C=O) groups excluding carboxylic acids is 2. The molecule has 1 saturated heterocycles. The van der Waals surface area contributed by atoms with Crippen LogP contribution in [0, 0.1) is 11.8 Å². The molecular formula is C15H25ClN2O3. The maximum atomic E-state index is 12.1. The highest BCUT2D eigenvalue weighted by molar-refractivity contribution is 6.27. The summed E-state index contributed by atoms with van der Waals surface area (Å²) in [7, 11) is 0. The van der Waals surface area contributed by atoms with Gasteiger partial charge in [0.2, 0.25) is 5.91 Å². The molecule has 2 fully saturated rings. The van der Waals surface area contributed by atoms with Crippen LogP contribution in [0.2, 0.25) is 0 Å². The van der Waals surface area contributed by atoms with Gasteiger partial charge in [0.15, 0.2) is 0 Å². The molecule has 0 aromatic rings. The second-order valence-corrected chi connectivity index (χ2v) is 7.30. The minimum Gasteiger partial charge on any atom is -0.444 e. The average Bonchev–Trinajstić information content (AvgIpc) is 3.16. The van der Waals surface area contributed by atoms with Crippen LogP contribution in [-0.2, 0) is 9.53 Å². The Kier molecular flexibility index (Phi) is 5.02. The molecule has 1 aliphatic heterocycles. The van der Waals surface area contributed by atoms with Crippen molar-refractivity contribution in [3.05, 3.63) is 0 Å². The molecule has 120 valence electrons. The highest BCUT2D eigenvalue weighted by Crippen LogP contribution is 2.41. The molecule has 1 N–H and O–H groups in total. The van der Waals surface area contributed by atoms with E-state index in [9.17, 15) is 9.59 Å². The van der Waals surface area contributed by atoms with Gasteiger partial charge in [-0.2, -0.15) is 0 Å². The number of nitrogens with zero attached hydrogens (tertiary/aromatic N) is 1. The Labute approximate surface area is 131 Å². The van der Waals surface area contributed by atoms with E-state index in [2.05, 4.69) is 5.32 Å². The molecular weight excluding hydrogens is 292 g/mol. The van der Waals surface area contributed by atoms with E-state index in [0.717, 1.165) is 32.4 Å². The fourth-order valence-corrected chi connectivity index (χ4v) is 3.08. The summed E-state index contributed by atoms with van der Waals surface area (Å²) in [5, 5.41) is 2.93. The third kappa shape index (κ3) is 4.77. The van der Waals surface area contributed by atoms with Gasteiger partial charge in [-0.05, 0) is 51.9 Å². The van der Waals surface area contributed by atoms with Gasteiger partial charge in [0.05, 0.1) is 0 Å². The number of hydrogen-bond donors (Lipinski definition) is 1. The third-order valence-electron chi connectivity index (χ3n) is 4.02. The molecule has 0 aromatic carbocycles. The first-order chi connectivity index (χ1) is 9.80. The molecule has 21 heavy (non-hydrogen) atoms. The number of rotatable bonds is 3. The van der Waals surface area contributed by atoms with E-state index < -0.39 is 5.60 Å².